The van der Waals surface area contributed by atoms with Crippen molar-refractivity contribution in [1.82, 2.24) is 5.32 Å². The van der Waals surface area contributed by atoms with Gasteiger partial charge >= 0.3 is 6.09 Å². The Morgan fingerprint density at radius 2 is 2.05 bits per heavy atom. The van der Waals surface area contributed by atoms with Gasteiger partial charge in [-0.1, -0.05) is 12.1 Å². The molecule has 0 aliphatic carbocycles. The van der Waals surface area contributed by atoms with Crippen LogP contribution in [-0.4, -0.2) is 38.4 Å². The third-order valence-electron chi connectivity index (χ3n) is 4.59. The van der Waals surface area contributed by atoms with Crippen LogP contribution in [0.25, 0.3) is 0 Å². The largest absolute Gasteiger partial charge is 0.495 e. The summed E-state index contributed by atoms with van der Waals surface area (Å²) in [5.74, 6) is 1.10. The van der Waals surface area contributed by atoms with Crippen molar-refractivity contribution in [2.75, 3.05) is 31.6 Å². The minimum Gasteiger partial charge on any atom is -0.495 e. The lowest BCUT2D eigenvalue weighted by molar-refractivity contribution is 0.00962. The van der Waals surface area contributed by atoms with Crippen molar-refractivity contribution in [2.45, 2.75) is 25.4 Å². The van der Waals surface area contributed by atoms with Crippen LogP contribution >= 0.6 is 0 Å². The van der Waals surface area contributed by atoms with E-state index in [2.05, 4.69) is 12.2 Å². The maximum Gasteiger partial charge on any atom is 0.415 e. The summed E-state index contributed by atoms with van der Waals surface area (Å²) in [6.45, 7) is 4.62. The van der Waals surface area contributed by atoms with Crippen LogP contribution in [0.15, 0.2) is 24.3 Å². The molecule has 5 heteroatoms. The smallest absolute Gasteiger partial charge is 0.415 e. The molecule has 1 unspecified atom stereocenters. The van der Waals surface area contributed by atoms with E-state index in [9.17, 15) is 4.79 Å². The third kappa shape index (κ3) is 2.58. The molecule has 2 aliphatic heterocycles. The third-order valence-corrected chi connectivity index (χ3v) is 4.59. The quantitative estimate of drug-likeness (QED) is 0.929. The van der Waals surface area contributed by atoms with Gasteiger partial charge in [-0.2, -0.15) is 0 Å². The van der Waals surface area contributed by atoms with Crippen LogP contribution in [0.1, 0.15) is 19.8 Å². The molecule has 1 atom stereocenters. The van der Waals surface area contributed by atoms with E-state index in [1.54, 1.807) is 12.0 Å². The molecule has 114 valence electrons. The molecule has 0 saturated carbocycles. The summed E-state index contributed by atoms with van der Waals surface area (Å²) >= 11 is 0. The van der Waals surface area contributed by atoms with E-state index in [4.69, 9.17) is 9.47 Å². The van der Waals surface area contributed by atoms with Gasteiger partial charge in [0.1, 0.15) is 11.4 Å². The maximum absolute atomic E-state index is 12.3. The first-order valence-electron chi connectivity index (χ1n) is 7.48. The molecule has 0 aromatic heterocycles. The highest BCUT2D eigenvalue weighted by molar-refractivity contribution is 5.92. The number of carbonyl (C=O) groups is 1. The fourth-order valence-corrected chi connectivity index (χ4v) is 3.35. The van der Waals surface area contributed by atoms with Gasteiger partial charge < -0.3 is 14.8 Å². The monoisotopic (exact) mass is 290 g/mol. The molecule has 0 radical (unpaired) electrons. The molecule has 1 amide bonds. The van der Waals surface area contributed by atoms with Gasteiger partial charge in [0.2, 0.25) is 0 Å². The Morgan fingerprint density at radius 3 is 2.76 bits per heavy atom. The average molecular weight is 290 g/mol. The van der Waals surface area contributed by atoms with E-state index in [-0.39, 0.29) is 6.09 Å². The van der Waals surface area contributed by atoms with Crippen LogP contribution in [-0.2, 0) is 4.74 Å². The lowest BCUT2D eigenvalue weighted by atomic mass is 9.82. The number of amides is 1. The van der Waals surface area contributed by atoms with Gasteiger partial charge in [-0.05, 0) is 45.0 Å². The zero-order chi connectivity index (χ0) is 14.9. The first kappa shape index (κ1) is 14.2. The lowest BCUT2D eigenvalue weighted by Crippen LogP contribution is -2.44. The second-order valence-electron chi connectivity index (χ2n) is 5.96. The fourth-order valence-electron chi connectivity index (χ4n) is 3.35. The Bertz CT molecular complexity index is 528. The van der Waals surface area contributed by atoms with Crippen LogP contribution in [0.5, 0.6) is 5.75 Å². The molecule has 3 rings (SSSR count). The highest BCUT2D eigenvalue weighted by Crippen LogP contribution is 2.39. The number of nitrogens with one attached hydrogen (secondary N) is 1. The van der Waals surface area contributed by atoms with Crippen molar-refractivity contribution in [3.05, 3.63) is 24.3 Å². The van der Waals surface area contributed by atoms with E-state index in [1.807, 2.05) is 24.3 Å². The summed E-state index contributed by atoms with van der Waals surface area (Å²) in [6.07, 6.45) is 1.81. The van der Waals surface area contributed by atoms with Crippen molar-refractivity contribution in [3.8, 4) is 5.75 Å². The van der Waals surface area contributed by atoms with Crippen molar-refractivity contribution in [3.63, 3.8) is 0 Å². The topological polar surface area (TPSA) is 50.8 Å². The minimum absolute atomic E-state index is 0.277. The van der Waals surface area contributed by atoms with Gasteiger partial charge in [0, 0.05) is 5.92 Å². The van der Waals surface area contributed by atoms with Gasteiger partial charge in [-0.3, -0.25) is 4.90 Å². The number of carbonyl (C=O) groups excluding carboxylic acids is 1. The number of cyclic esters (lactones) is 1. The number of piperidine rings is 1. The standard InChI is InChI=1S/C16H22N2O3/c1-16(12-7-9-17-10-8-12)11-18(15(19)21-16)13-5-3-4-6-14(13)20-2/h3-6,12,17H,7-11H2,1-2H3. The van der Waals surface area contributed by atoms with Crippen LogP contribution < -0.4 is 15.0 Å². The van der Waals surface area contributed by atoms with Gasteiger partial charge in [0.05, 0.1) is 19.3 Å². The number of nitrogens with zero attached hydrogens (tertiary/aromatic N) is 1. The fraction of sp³-hybridized carbons (Fsp3) is 0.562. The number of benzene rings is 1. The molecule has 2 saturated heterocycles. The van der Waals surface area contributed by atoms with E-state index in [0.717, 1.165) is 31.6 Å². The predicted molar refractivity (Wildman–Crippen MR) is 80.8 cm³/mol. The summed E-state index contributed by atoms with van der Waals surface area (Å²) in [6, 6.07) is 7.57. The maximum atomic E-state index is 12.3. The molecular weight excluding hydrogens is 268 g/mol. The van der Waals surface area contributed by atoms with E-state index < -0.39 is 5.60 Å². The number of anilines is 1. The first-order valence-corrected chi connectivity index (χ1v) is 7.48. The molecule has 1 N–H and O–H groups in total. The molecule has 2 aliphatic rings. The highest BCUT2D eigenvalue weighted by atomic mass is 16.6. The summed E-state index contributed by atoms with van der Waals surface area (Å²) in [5, 5.41) is 3.35. The molecule has 2 heterocycles. The molecule has 2 fully saturated rings. The number of methoxy groups -OCH3 is 1. The minimum atomic E-state index is -0.417. The number of ether oxygens (including phenoxy) is 2. The van der Waals surface area contributed by atoms with Crippen molar-refractivity contribution < 1.29 is 14.3 Å². The molecule has 1 aromatic rings. The van der Waals surface area contributed by atoms with Crippen LogP contribution in [0.2, 0.25) is 0 Å². The SMILES string of the molecule is COc1ccccc1N1CC(C)(C2CCNCC2)OC1=O. The molecule has 0 spiro atoms. The number of hydrogen-bond donors (Lipinski definition) is 1. The number of rotatable bonds is 3. The Balaban J connectivity index is 1.84. The van der Waals surface area contributed by atoms with Gasteiger partial charge in [0.15, 0.2) is 0 Å². The molecule has 0 bridgehead atoms. The first-order chi connectivity index (χ1) is 10.1. The van der Waals surface area contributed by atoms with E-state index in [1.165, 1.54) is 0 Å². The van der Waals surface area contributed by atoms with E-state index in [0.29, 0.717) is 18.2 Å². The predicted octanol–water partition coefficient (Wildman–Crippen LogP) is 2.41. The second-order valence-corrected chi connectivity index (χ2v) is 5.96. The van der Waals surface area contributed by atoms with Crippen molar-refractivity contribution in [2.24, 2.45) is 5.92 Å². The second kappa shape index (κ2) is 5.56. The zero-order valence-corrected chi connectivity index (χ0v) is 12.6. The Labute approximate surface area is 125 Å². The Morgan fingerprint density at radius 1 is 1.33 bits per heavy atom. The van der Waals surface area contributed by atoms with Gasteiger partial charge in [0.25, 0.3) is 0 Å². The van der Waals surface area contributed by atoms with Gasteiger partial charge in [-0.15, -0.1) is 0 Å². The van der Waals surface area contributed by atoms with Crippen molar-refractivity contribution >= 4 is 11.8 Å². The summed E-state index contributed by atoms with van der Waals surface area (Å²) in [7, 11) is 1.62. The summed E-state index contributed by atoms with van der Waals surface area (Å²) < 4.78 is 11.1. The highest BCUT2D eigenvalue weighted by Gasteiger charge is 2.48. The lowest BCUT2D eigenvalue weighted by Gasteiger charge is -2.34. The Kier molecular flexibility index (Phi) is 3.76. The number of para-hydroxylation sites is 2. The molecule has 5 nitrogen and oxygen atoms in total. The van der Waals surface area contributed by atoms with Crippen LogP contribution in [0.4, 0.5) is 10.5 Å². The zero-order valence-electron chi connectivity index (χ0n) is 12.6. The normalized spacial score (nSPS) is 26.8. The van der Waals surface area contributed by atoms with Crippen LogP contribution in [0, 0.1) is 5.92 Å². The van der Waals surface area contributed by atoms with Gasteiger partial charge in [-0.25, -0.2) is 4.79 Å². The molecular formula is C16H22N2O3. The van der Waals surface area contributed by atoms with Crippen LogP contribution in [0.3, 0.4) is 0 Å². The van der Waals surface area contributed by atoms with Crippen molar-refractivity contribution in [1.29, 1.82) is 0 Å². The van der Waals surface area contributed by atoms with E-state index >= 15 is 0 Å². The summed E-state index contributed by atoms with van der Waals surface area (Å²) in [4.78, 5) is 14.0. The molecule has 21 heavy (non-hydrogen) atoms. The summed E-state index contributed by atoms with van der Waals surface area (Å²) in [5.41, 5.74) is 0.364. The average Bonchev–Trinajstić information content (AvgIpc) is 2.84. The number of hydrogen-bond acceptors (Lipinski definition) is 4. The Hall–Kier alpha value is -1.75. The molecule has 1 aromatic carbocycles.